The highest BCUT2D eigenvalue weighted by molar-refractivity contribution is 7.45. The molecule has 2 saturated heterocycles. The van der Waals surface area contributed by atoms with E-state index in [9.17, 15) is 49.7 Å². The molecule has 9 atom stereocenters. The Morgan fingerprint density at radius 2 is 1.97 bits per heavy atom. The molecule has 7 N–H and O–H groups in total. The fraction of sp³-hybridized carbons (Fsp3) is 0.667. The van der Waals surface area contributed by atoms with Gasteiger partial charge in [-0.15, -0.1) is 0 Å². The number of nitrogen functional groups attached to an aromatic ring is 1. The van der Waals surface area contributed by atoms with Crippen LogP contribution in [0.3, 0.4) is 0 Å². The van der Waals surface area contributed by atoms with Gasteiger partial charge in [0, 0.05) is 12.6 Å². The van der Waals surface area contributed by atoms with Crippen LogP contribution < -0.4 is 21.4 Å². The fourth-order valence-electron chi connectivity index (χ4n) is 3.21. The highest BCUT2D eigenvalue weighted by Gasteiger charge is 2.51. The van der Waals surface area contributed by atoms with Crippen LogP contribution in [-0.4, -0.2) is 90.3 Å². The molecule has 0 aromatic carbocycles. The zero-order valence-electron chi connectivity index (χ0n) is 16.4. The summed E-state index contributed by atoms with van der Waals surface area (Å²) < 4.78 is 31.6. The van der Waals surface area contributed by atoms with Crippen LogP contribution in [0.5, 0.6) is 0 Å². The Hall–Kier alpha value is -2.02. The van der Waals surface area contributed by atoms with Crippen LogP contribution >= 0.6 is 7.82 Å². The van der Waals surface area contributed by atoms with Gasteiger partial charge in [-0.25, -0.2) is 4.79 Å². The van der Waals surface area contributed by atoms with Gasteiger partial charge < -0.3 is 60.1 Å². The van der Waals surface area contributed by atoms with Gasteiger partial charge in [0.05, 0.1) is 12.7 Å². The number of phosphoric ester groups is 1. The molecule has 4 unspecified atom stereocenters. The molecule has 0 amide bonds. The van der Waals surface area contributed by atoms with Gasteiger partial charge in [-0.3, -0.25) is 13.7 Å². The van der Waals surface area contributed by atoms with E-state index in [0.717, 1.165) is 10.8 Å². The number of aliphatic hydroxyl groups is 5. The van der Waals surface area contributed by atoms with E-state index in [4.69, 9.17) is 10.5 Å². The van der Waals surface area contributed by atoms with E-state index in [-0.39, 0.29) is 5.82 Å². The van der Waals surface area contributed by atoms with Crippen molar-refractivity contribution < 1.29 is 63.4 Å². The third-order valence-corrected chi connectivity index (χ3v) is 5.89. The molecular weight excluding hydrogens is 477 g/mol. The van der Waals surface area contributed by atoms with Crippen molar-refractivity contribution in [1.29, 1.82) is 0 Å². The number of carbonyl (C=O) groups excluding carboxylic acids is 1. The predicted molar refractivity (Wildman–Crippen MR) is 94.9 cm³/mol. The molecular formula is C15H20N3O14P-2. The van der Waals surface area contributed by atoms with Gasteiger partial charge in [0.15, 0.2) is 12.5 Å². The van der Waals surface area contributed by atoms with Crippen molar-refractivity contribution in [1.82, 2.24) is 9.55 Å². The Morgan fingerprint density at radius 1 is 1.30 bits per heavy atom. The van der Waals surface area contributed by atoms with Crippen LogP contribution in [0, 0.1) is 0 Å². The van der Waals surface area contributed by atoms with E-state index in [1.165, 1.54) is 6.07 Å². The Kier molecular flexibility index (Phi) is 7.23. The van der Waals surface area contributed by atoms with Crippen molar-refractivity contribution >= 4 is 19.6 Å². The molecule has 33 heavy (non-hydrogen) atoms. The SMILES string of the molecule is Nc1ccn([C@@H]2O[C@H](COP(=O)([O-])OC3(C(=O)[O-])C[C@H](O)[C@@H](O)C(O)O3)[C@H](O)C2O)c(=O)n1. The number of hydrogen-bond acceptors (Lipinski definition) is 16. The molecule has 0 saturated carbocycles. The minimum absolute atomic E-state index is 0.122. The fourth-order valence-corrected chi connectivity index (χ4v) is 4.15. The molecule has 3 heterocycles. The molecule has 18 heteroatoms. The molecule has 0 radical (unpaired) electrons. The molecule has 0 bridgehead atoms. The standard InChI is InChI=1S/C15H22N3O14P/c16-7-1-2-18(14(26)17-7)11-10(22)9(21)6(30-11)4-29-33(27,28)32-15(13(24)25)3-5(19)8(20)12(23)31-15/h1-2,5-6,8-12,19-23H,3-4H2,(H,24,25)(H,27,28)(H2,16,17,26)/p-2/t5-,6+,8+,9-,10?,11+,12?,15?/m0/s1. The van der Waals surface area contributed by atoms with Crippen molar-refractivity contribution in [3.63, 3.8) is 0 Å². The maximum Gasteiger partial charge on any atom is 0.351 e. The second-order valence-electron chi connectivity index (χ2n) is 7.23. The number of ether oxygens (including phenoxy) is 2. The zero-order chi connectivity index (χ0) is 24.7. The van der Waals surface area contributed by atoms with E-state index in [1.54, 1.807) is 0 Å². The Balaban J connectivity index is 1.70. The first kappa shape index (κ1) is 25.6. The van der Waals surface area contributed by atoms with Crippen LogP contribution in [0.1, 0.15) is 12.6 Å². The summed E-state index contributed by atoms with van der Waals surface area (Å²) in [5, 5.41) is 60.3. The average molecular weight is 497 g/mol. The molecule has 17 nitrogen and oxygen atoms in total. The number of aliphatic carboxylic acids is 1. The second kappa shape index (κ2) is 9.32. The van der Waals surface area contributed by atoms with Gasteiger partial charge in [-0.05, 0) is 6.07 Å². The highest BCUT2D eigenvalue weighted by Crippen LogP contribution is 2.47. The normalized spacial score (nSPS) is 38.7. The second-order valence-corrected chi connectivity index (χ2v) is 8.57. The van der Waals surface area contributed by atoms with E-state index in [0.29, 0.717) is 0 Å². The molecule has 186 valence electrons. The third kappa shape index (κ3) is 5.23. The van der Waals surface area contributed by atoms with Crippen molar-refractivity contribution in [2.45, 2.75) is 55.2 Å². The van der Waals surface area contributed by atoms with Gasteiger partial charge in [0.2, 0.25) is 5.79 Å². The smallest absolute Gasteiger partial charge is 0.351 e. The number of carboxylic acid groups (broad SMARTS) is 1. The molecule has 1 aromatic heterocycles. The Morgan fingerprint density at radius 3 is 2.55 bits per heavy atom. The quantitative estimate of drug-likeness (QED) is 0.191. The first-order chi connectivity index (χ1) is 15.3. The molecule has 2 aliphatic rings. The van der Waals surface area contributed by atoms with Crippen molar-refractivity contribution in [2.24, 2.45) is 0 Å². The van der Waals surface area contributed by atoms with E-state index < -0.39 is 81.3 Å². The number of carboxylic acids is 1. The number of phosphoric acid groups is 1. The van der Waals surface area contributed by atoms with Crippen molar-refractivity contribution in [3.05, 3.63) is 22.7 Å². The number of rotatable bonds is 7. The van der Waals surface area contributed by atoms with E-state index in [1.807, 2.05) is 0 Å². The minimum Gasteiger partial charge on any atom is -0.756 e. The zero-order valence-corrected chi connectivity index (χ0v) is 17.3. The Labute approximate surface area is 183 Å². The van der Waals surface area contributed by atoms with Crippen LogP contribution in [0.15, 0.2) is 17.1 Å². The maximum atomic E-state index is 12.2. The summed E-state index contributed by atoms with van der Waals surface area (Å²) in [6.45, 7) is -1.02. The summed E-state index contributed by atoms with van der Waals surface area (Å²) in [6.07, 6.45) is -12.8. The highest BCUT2D eigenvalue weighted by atomic mass is 31.2. The summed E-state index contributed by atoms with van der Waals surface area (Å²) in [5.74, 6) is -5.67. The maximum absolute atomic E-state index is 12.2. The summed E-state index contributed by atoms with van der Waals surface area (Å²) in [6, 6.07) is 1.21. The monoisotopic (exact) mass is 497 g/mol. The molecule has 2 fully saturated rings. The summed E-state index contributed by atoms with van der Waals surface area (Å²) >= 11 is 0. The Bertz CT molecular complexity index is 977. The summed E-state index contributed by atoms with van der Waals surface area (Å²) in [7, 11) is -5.63. The minimum atomic E-state index is -5.63. The number of nitrogens with two attached hydrogens (primary N) is 1. The van der Waals surface area contributed by atoms with E-state index in [2.05, 4.69) is 18.8 Å². The number of hydrogen-bond donors (Lipinski definition) is 6. The lowest BCUT2D eigenvalue weighted by Crippen LogP contribution is -2.62. The lowest BCUT2D eigenvalue weighted by molar-refractivity contribution is -0.394. The molecule has 0 aliphatic carbocycles. The number of anilines is 1. The van der Waals surface area contributed by atoms with Crippen LogP contribution in [0.25, 0.3) is 0 Å². The van der Waals surface area contributed by atoms with Crippen LogP contribution in [-0.2, 0) is 27.9 Å². The van der Waals surface area contributed by atoms with Crippen molar-refractivity contribution in [2.75, 3.05) is 12.3 Å². The molecule has 1 aromatic rings. The first-order valence-electron chi connectivity index (χ1n) is 9.22. The molecule has 3 rings (SSSR count). The van der Waals surface area contributed by atoms with E-state index >= 15 is 0 Å². The average Bonchev–Trinajstić information content (AvgIpc) is 2.98. The summed E-state index contributed by atoms with van der Waals surface area (Å²) in [5.41, 5.74) is 4.43. The van der Waals surface area contributed by atoms with Gasteiger partial charge in [0.25, 0.3) is 7.82 Å². The number of aromatic nitrogens is 2. The number of aliphatic hydroxyl groups excluding tert-OH is 5. The number of carbonyl (C=O) groups is 1. The topological polar surface area (TPSA) is 279 Å². The van der Waals surface area contributed by atoms with Gasteiger partial charge in [0.1, 0.15) is 36.2 Å². The van der Waals surface area contributed by atoms with Crippen LogP contribution in [0.2, 0.25) is 0 Å². The van der Waals surface area contributed by atoms with Crippen molar-refractivity contribution in [3.8, 4) is 0 Å². The van der Waals surface area contributed by atoms with Gasteiger partial charge >= 0.3 is 5.69 Å². The summed E-state index contributed by atoms with van der Waals surface area (Å²) in [4.78, 5) is 39.0. The largest absolute Gasteiger partial charge is 0.756 e. The number of nitrogens with zero attached hydrogens (tertiary/aromatic N) is 2. The lowest BCUT2D eigenvalue weighted by Gasteiger charge is -2.45. The van der Waals surface area contributed by atoms with Crippen LogP contribution in [0.4, 0.5) is 5.82 Å². The van der Waals surface area contributed by atoms with Gasteiger partial charge in [-0.2, -0.15) is 4.98 Å². The molecule has 0 spiro atoms. The predicted octanol–water partition coefficient (Wildman–Crippen LogP) is -6.15. The van der Waals surface area contributed by atoms with Gasteiger partial charge in [-0.1, -0.05) is 0 Å². The first-order valence-corrected chi connectivity index (χ1v) is 10.7. The molecule has 2 aliphatic heterocycles. The third-order valence-electron chi connectivity index (χ3n) is 4.91. The lowest BCUT2D eigenvalue weighted by atomic mass is 10.00.